The number of carboxylic acid groups (broad SMARTS) is 1. The highest BCUT2D eigenvalue weighted by Crippen LogP contribution is 2.24. The Morgan fingerprint density at radius 1 is 1.26 bits per heavy atom. The monoisotopic (exact) mass is 282 g/mol. The van der Waals surface area contributed by atoms with Gasteiger partial charge in [-0.2, -0.15) is 0 Å². The molecule has 0 aliphatic heterocycles. The van der Waals surface area contributed by atoms with Gasteiger partial charge >= 0.3 is 5.97 Å². The molecular formula is C13H18N2O3S. The Hall–Kier alpha value is -1.69. The second-order valence-electron chi connectivity index (χ2n) is 4.43. The smallest absolute Gasteiger partial charge is 0.331 e. The zero-order chi connectivity index (χ0) is 14.7. The predicted octanol–water partition coefficient (Wildman–Crippen LogP) is 2.36. The molecule has 2 N–H and O–H groups in total. The molecule has 104 valence electrons. The number of hydrogen-bond donors (Lipinski definition) is 2. The largest absolute Gasteiger partial charge is 0.478 e. The number of carbonyl (C=O) groups excluding carboxylic acids is 1. The Kier molecular flexibility index (Phi) is 4.83. The second kappa shape index (κ2) is 5.97. The average molecular weight is 282 g/mol. The van der Waals surface area contributed by atoms with Crippen molar-refractivity contribution in [1.82, 2.24) is 10.3 Å². The normalized spacial score (nSPS) is 13.7. The molecule has 1 heterocycles. The fourth-order valence-corrected chi connectivity index (χ4v) is 2.58. The number of thiazole rings is 1. The van der Waals surface area contributed by atoms with Crippen molar-refractivity contribution in [3.05, 3.63) is 26.7 Å². The van der Waals surface area contributed by atoms with E-state index in [1.807, 2.05) is 20.8 Å². The van der Waals surface area contributed by atoms with Crippen molar-refractivity contribution in [1.29, 1.82) is 0 Å². The topological polar surface area (TPSA) is 79.3 Å². The lowest BCUT2D eigenvalue weighted by molar-refractivity contribution is -0.133. The molecule has 5 nitrogen and oxygen atoms in total. The number of hydrogen-bond acceptors (Lipinski definition) is 4. The highest BCUT2D eigenvalue weighted by atomic mass is 32.1. The fourth-order valence-electron chi connectivity index (χ4n) is 1.65. The van der Waals surface area contributed by atoms with Crippen LogP contribution in [-0.2, 0) is 9.59 Å². The SMILES string of the molecule is C/C(C(=O)O)=C(\C)C(=O)NC(C)c1sc(C)nc1C. The molecule has 0 radical (unpaired) electrons. The van der Waals surface area contributed by atoms with Crippen LogP contribution in [0.2, 0.25) is 0 Å². The number of aromatic nitrogens is 1. The molecule has 0 saturated heterocycles. The molecule has 1 unspecified atom stereocenters. The Morgan fingerprint density at radius 3 is 2.26 bits per heavy atom. The lowest BCUT2D eigenvalue weighted by atomic mass is 10.1. The number of carbonyl (C=O) groups is 2. The van der Waals surface area contributed by atoms with Gasteiger partial charge in [0, 0.05) is 16.0 Å². The van der Waals surface area contributed by atoms with Crippen molar-refractivity contribution >= 4 is 23.2 Å². The molecule has 1 atom stereocenters. The van der Waals surface area contributed by atoms with E-state index in [0.29, 0.717) is 0 Å². The fraction of sp³-hybridized carbons (Fsp3) is 0.462. The van der Waals surface area contributed by atoms with E-state index in [0.717, 1.165) is 15.6 Å². The molecule has 0 aromatic carbocycles. The van der Waals surface area contributed by atoms with E-state index in [2.05, 4.69) is 10.3 Å². The summed E-state index contributed by atoms with van der Waals surface area (Å²) in [6.07, 6.45) is 0. The van der Waals surface area contributed by atoms with E-state index in [1.165, 1.54) is 25.2 Å². The maximum Gasteiger partial charge on any atom is 0.331 e. The quantitative estimate of drug-likeness (QED) is 0.831. The Morgan fingerprint density at radius 2 is 1.84 bits per heavy atom. The molecule has 6 heteroatoms. The number of nitrogens with one attached hydrogen (secondary N) is 1. The van der Waals surface area contributed by atoms with Gasteiger partial charge in [-0.1, -0.05) is 0 Å². The van der Waals surface area contributed by atoms with Gasteiger partial charge in [-0.05, 0) is 34.6 Å². The standard InChI is InChI=1S/C13H18N2O3S/c1-6(7(2)13(17)18)12(16)15-9(4)11-8(3)14-10(5)19-11/h9H,1-5H3,(H,15,16)(H,17,18)/b7-6-. The molecule has 0 spiro atoms. The molecule has 0 bridgehead atoms. The number of carboxylic acids is 1. The Labute approximate surface area is 116 Å². The van der Waals surface area contributed by atoms with Crippen LogP contribution in [0.15, 0.2) is 11.1 Å². The number of aliphatic carboxylic acids is 1. The third kappa shape index (κ3) is 3.64. The van der Waals surface area contributed by atoms with Gasteiger partial charge in [-0.3, -0.25) is 4.79 Å². The summed E-state index contributed by atoms with van der Waals surface area (Å²) in [5.74, 6) is -1.44. The van der Waals surface area contributed by atoms with Crippen LogP contribution in [-0.4, -0.2) is 22.0 Å². The van der Waals surface area contributed by atoms with Crippen LogP contribution in [0.3, 0.4) is 0 Å². The predicted molar refractivity (Wildman–Crippen MR) is 74.2 cm³/mol. The zero-order valence-corrected chi connectivity index (χ0v) is 12.5. The number of aryl methyl sites for hydroxylation is 2. The van der Waals surface area contributed by atoms with E-state index >= 15 is 0 Å². The van der Waals surface area contributed by atoms with Gasteiger partial charge < -0.3 is 10.4 Å². The molecule has 0 fully saturated rings. The van der Waals surface area contributed by atoms with Gasteiger partial charge in [0.2, 0.25) is 5.91 Å². The van der Waals surface area contributed by atoms with Crippen LogP contribution >= 0.6 is 11.3 Å². The van der Waals surface area contributed by atoms with Crippen LogP contribution in [0.25, 0.3) is 0 Å². The zero-order valence-electron chi connectivity index (χ0n) is 11.7. The molecule has 1 aromatic rings. The van der Waals surface area contributed by atoms with Gasteiger partial charge in [0.15, 0.2) is 0 Å². The molecule has 1 amide bonds. The minimum absolute atomic E-state index is 0.0573. The highest BCUT2D eigenvalue weighted by Gasteiger charge is 2.18. The first kappa shape index (κ1) is 15.4. The van der Waals surface area contributed by atoms with E-state index in [1.54, 1.807) is 0 Å². The van der Waals surface area contributed by atoms with E-state index in [9.17, 15) is 9.59 Å². The van der Waals surface area contributed by atoms with Crippen LogP contribution < -0.4 is 5.32 Å². The van der Waals surface area contributed by atoms with E-state index in [4.69, 9.17) is 5.11 Å². The first-order chi connectivity index (χ1) is 8.73. The summed E-state index contributed by atoms with van der Waals surface area (Å²) >= 11 is 1.53. The van der Waals surface area contributed by atoms with Gasteiger partial charge in [0.25, 0.3) is 0 Å². The van der Waals surface area contributed by atoms with E-state index in [-0.39, 0.29) is 23.1 Å². The molecule has 19 heavy (non-hydrogen) atoms. The molecule has 0 saturated carbocycles. The third-order valence-electron chi connectivity index (χ3n) is 2.90. The summed E-state index contributed by atoms with van der Waals surface area (Å²) in [5, 5.41) is 12.6. The third-order valence-corrected chi connectivity index (χ3v) is 4.16. The Balaban J connectivity index is 2.86. The van der Waals surface area contributed by atoms with Crippen LogP contribution in [0.5, 0.6) is 0 Å². The lowest BCUT2D eigenvalue weighted by Gasteiger charge is -2.13. The van der Waals surface area contributed by atoms with Crippen molar-refractivity contribution in [2.45, 2.75) is 40.7 Å². The van der Waals surface area contributed by atoms with Crippen molar-refractivity contribution in [3.8, 4) is 0 Å². The average Bonchev–Trinajstić information content (AvgIpc) is 2.66. The van der Waals surface area contributed by atoms with Crippen molar-refractivity contribution in [2.75, 3.05) is 0 Å². The van der Waals surface area contributed by atoms with Gasteiger partial charge in [-0.25, -0.2) is 9.78 Å². The Bertz CT molecular complexity index is 546. The summed E-state index contributed by atoms with van der Waals surface area (Å²) in [5.41, 5.74) is 1.17. The summed E-state index contributed by atoms with van der Waals surface area (Å²) in [6.45, 7) is 8.60. The van der Waals surface area contributed by atoms with Crippen molar-refractivity contribution in [3.63, 3.8) is 0 Å². The van der Waals surface area contributed by atoms with Gasteiger partial charge in [0.1, 0.15) is 0 Å². The maximum absolute atomic E-state index is 11.9. The minimum atomic E-state index is -1.08. The summed E-state index contributed by atoms with van der Waals surface area (Å²) in [6, 6.07) is -0.185. The molecule has 1 aromatic heterocycles. The van der Waals surface area contributed by atoms with Crippen LogP contribution in [0.4, 0.5) is 0 Å². The lowest BCUT2D eigenvalue weighted by Crippen LogP contribution is -2.28. The van der Waals surface area contributed by atoms with Gasteiger partial charge in [-0.15, -0.1) is 11.3 Å². The maximum atomic E-state index is 11.9. The number of amides is 1. The second-order valence-corrected chi connectivity index (χ2v) is 5.67. The van der Waals surface area contributed by atoms with Crippen LogP contribution in [0, 0.1) is 13.8 Å². The van der Waals surface area contributed by atoms with Crippen molar-refractivity contribution in [2.24, 2.45) is 0 Å². The molecule has 0 aliphatic rings. The van der Waals surface area contributed by atoms with E-state index < -0.39 is 5.97 Å². The van der Waals surface area contributed by atoms with Crippen LogP contribution in [0.1, 0.15) is 42.4 Å². The first-order valence-electron chi connectivity index (χ1n) is 5.89. The van der Waals surface area contributed by atoms with Gasteiger partial charge in [0.05, 0.1) is 16.7 Å². The summed E-state index contributed by atoms with van der Waals surface area (Å²) < 4.78 is 0. The molecule has 0 aliphatic carbocycles. The summed E-state index contributed by atoms with van der Waals surface area (Å²) in [7, 11) is 0. The highest BCUT2D eigenvalue weighted by molar-refractivity contribution is 7.11. The number of nitrogens with zero attached hydrogens (tertiary/aromatic N) is 1. The molecular weight excluding hydrogens is 264 g/mol. The molecule has 1 rings (SSSR count). The number of rotatable bonds is 4. The van der Waals surface area contributed by atoms with Crippen molar-refractivity contribution < 1.29 is 14.7 Å². The summed E-state index contributed by atoms with van der Waals surface area (Å²) in [4.78, 5) is 28.1. The first-order valence-corrected chi connectivity index (χ1v) is 6.71. The minimum Gasteiger partial charge on any atom is -0.478 e.